The monoisotopic (exact) mass is 269 g/mol. The van der Waals surface area contributed by atoms with Crippen molar-refractivity contribution in [3.63, 3.8) is 0 Å². The van der Waals surface area contributed by atoms with Crippen molar-refractivity contribution in [1.29, 1.82) is 0 Å². The summed E-state index contributed by atoms with van der Waals surface area (Å²) in [5, 5.41) is 0.828. The van der Waals surface area contributed by atoms with Gasteiger partial charge in [-0.3, -0.25) is 0 Å². The molecule has 18 heavy (non-hydrogen) atoms. The van der Waals surface area contributed by atoms with Gasteiger partial charge in [-0.2, -0.15) is 0 Å². The van der Waals surface area contributed by atoms with E-state index < -0.39 is 0 Å². The topological polar surface area (TPSA) is 21.7 Å². The van der Waals surface area contributed by atoms with E-state index in [1.54, 1.807) is 0 Å². The van der Waals surface area contributed by atoms with Crippen molar-refractivity contribution < 1.29 is 9.47 Å². The zero-order valence-electron chi connectivity index (χ0n) is 10.8. The van der Waals surface area contributed by atoms with Crippen LogP contribution in [0, 0.1) is 0 Å². The number of benzene rings is 1. The molecule has 2 rings (SSSR count). The van der Waals surface area contributed by atoms with Crippen molar-refractivity contribution in [1.82, 2.24) is 4.90 Å². The number of rotatable bonds is 5. The summed E-state index contributed by atoms with van der Waals surface area (Å²) in [7, 11) is 2.09. The highest BCUT2D eigenvalue weighted by molar-refractivity contribution is 6.31. The molecular formula is C14H20ClNO2. The van der Waals surface area contributed by atoms with Gasteiger partial charge >= 0.3 is 0 Å². The molecule has 1 saturated heterocycles. The van der Waals surface area contributed by atoms with E-state index in [1.165, 1.54) is 0 Å². The van der Waals surface area contributed by atoms with Gasteiger partial charge in [-0.15, -0.1) is 0 Å². The number of hydrogen-bond acceptors (Lipinski definition) is 3. The number of ether oxygens (including phenoxy) is 2. The Bertz CT molecular complexity index is 367. The third-order valence-corrected chi connectivity index (χ3v) is 3.41. The molecule has 1 aliphatic rings. The highest BCUT2D eigenvalue weighted by Crippen LogP contribution is 2.17. The van der Waals surface area contributed by atoms with Crippen LogP contribution in [0.3, 0.4) is 0 Å². The Balaban J connectivity index is 1.74. The molecule has 0 unspecified atom stereocenters. The minimum absolute atomic E-state index is 0.0348. The summed E-state index contributed by atoms with van der Waals surface area (Å²) >= 11 is 6.14. The Morgan fingerprint density at radius 3 is 2.72 bits per heavy atom. The van der Waals surface area contributed by atoms with Crippen LogP contribution in [0.15, 0.2) is 24.3 Å². The van der Waals surface area contributed by atoms with Gasteiger partial charge in [0.2, 0.25) is 0 Å². The predicted molar refractivity (Wildman–Crippen MR) is 72.7 cm³/mol. The quantitative estimate of drug-likeness (QED) is 0.820. The lowest BCUT2D eigenvalue weighted by Gasteiger charge is -2.25. The summed E-state index contributed by atoms with van der Waals surface area (Å²) in [6.45, 7) is 3.43. The van der Waals surface area contributed by atoms with Crippen LogP contribution >= 0.6 is 11.6 Å². The minimum Gasteiger partial charge on any atom is -0.353 e. The summed E-state index contributed by atoms with van der Waals surface area (Å²) in [4.78, 5) is 2.24. The Morgan fingerprint density at radius 2 is 2.00 bits per heavy atom. The molecule has 0 saturated carbocycles. The van der Waals surface area contributed by atoms with E-state index in [-0.39, 0.29) is 6.29 Å². The smallest absolute Gasteiger partial charge is 0.158 e. The van der Waals surface area contributed by atoms with E-state index in [4.69, 9.17) is 21.1 Å². The van der Waals surface area contributed by atoms with Crippen LogP contribution < -0.4 is 0 Å². The van der Waals surface area contributed by atoms with Crippen molar-refractivity contribution in [2.24, 2.45) is 0 Å². The summed E-state index contributed by atoms with van der Waals surface area (Å²) in [6, 6.07) is 7.96. The molecule has 1 aromatic rings. The standard InChI is InChI=1S/C14H20ClNO2/c1-16(8-7-14-17-9-4-10-18-14)11-12-5-2-3-6-13(12)15/h2-3,5-6,14H,4,7-11H2,1H3. The van der Waals surface area contributed by atoms with Crippen LogP contribution in [0.2, 0.25) is 5.02 Å². The molecule has 1 aliphatic heterocycles. The second-order valence-corrected chi connectivity index (χ2v) is 5.05. The van der Waals surface area contributed by atoms with Gasteiger partial charge in [0.05, 0.1) is 13.2 Å². The van der Waals surface area contributed by atoms with Crippen molar-refractivity contribution in [2.75, 3.05) is 26.8 Å². The molecule has 0 radical (unpaired) electrons. The molecule has 0 bridgehead atoms. The maximum absolute atomic E-state index is 6.14. The van der Waals surface area contributed by atoms with E-state index in [9.17, 15) is 0 Å². The average molecular weight is 270 g/mol. The van der Waals surface area contributed by atoms with Crippen LogP contribution in [-0.4, -0.2) is 38.0 Å². The van der Waals surface area contributed by atoms with Crippen LogP contribution in [0.1, 0.15) is 18.4 Å². The van der Waals surface area contributed by atoms with Gasteiger partial charge in [0.1, 0.15) is 0 Å². The van der Waals surface area contributed by atoms with Crippen molar-refractivity contribution in [3.8, 4) is 0 Å². The van der Waals surface area contributed by atoms with Crippen LogP contribution in [0.25, 0.3) is 0 Å². The van der Waals surface area contributed by atoms with E-state index in [2.05, 4.69) is 18.0 Å². The maximum atomic E-state index is 6.14. The first kappa shape index (κ1) is 13.8. The second-order valence-electron chi connectivity index (χ2n) is 4.64. The summed E-state index contributed by atoms with van der Waals surface area (Å²) in [5.74, 6) is 0. The molecule has 100 valence electrons. The Hall–Kier alpha value is -0.610. The zero-order valence-corrected chi connectivity index (χ0v) is 11.5. The normalized spacial score (nSPS) is 17.3. The molecule has 4 heteroatoms. The van der Waals surface area contributed by atoms with Gasteiger partial charge in [0.15, 0.2) is 6.29 Å². The van der Waals surface area contributed by atoms with Crippen molar-refractivity contribution in [2.45, 2.75) is 25.7 Å². The zero-order chi connectivity index (χ0) is 12.8. The molecular weight excluding hydrogens is 250 g/mol. The van der Waals surface area contributed by atoms with Crippen molar-refractivity contribution in [3.05, 3.63) is 34.9 Å². The Morgan fingerprint density at radius 1 is 1.28 bits per heavy atom. The first-order chi connectivity index (χ1) is 8.75. The van der Waals surface area contributed by atoms with Crippen LogP contribution in [-0.2, 0) is 16.0 Å². The fourth-order valence-corrected chi connectivity index (χ4v) is 2.22. The average Bonchev–Trinajstić information content (AvgIpc) is 2.40. The summed E-state index contributed by atoms with van der Waals surface area (Å²) in [5.41, 5.74) is 1.16. The predicted octanol–water partition coefficient (Wildman–Crippen LogP) is 2.92. The first-order valence-corrected chi connectivity index (χ1v) is 6.78. The third kappa shape index (κ3) is 4.25. The fraction of sp³-hybridized carbons (Fsp3) is 0.571. The Labute approximate surface area is 114 Å². The molecule has 0 spiro atoms. The number of hydrogen-bond donors (Lipinski definition) is 0. The highest BCUT2D eigenvalue weighted by Gasteiger charge is 2.14. The van der Waals surface area contributed by atoms with Gasteiger partial charge in [-0.25, -0.2) is 0 Å². The maximum Gasteiger partial charge on any atom is 0.158 e. The SMILES string of the molecule is CN(CCC1OCCCO1)Cc1ccccc1Cl. The molecule has 3 nitrogen and oxygen atoms in total. The molecule has 0 aliphatic carbocycles. The van der Waals surface area contributed by atoms with E-state index in [0.717, 1.165) is 49.7 Å². The van der Waals surface area contributed by atoms with Gasteiger partial charge in [0, 0.05) is 24.5 Å². The molecule has 0 N–H and O–H groups in total. The van der Waals surface area contributed by atoms with Gasteiger partial charge in [-0.05, 0) is 25.1 Å². The van der Waals surface area contributed by atoms with Crippen molar-refractivity contribution >= 4 is 11.6 Å². The van der Waals surface area contributed by atoms with E-state index in [0.29, 0.717) is 0 Å². The number of nitrogens with zero attached hydrogens (tertiary/aromatic N) is 1. The molecule has 1 fully saturated rings. The van der Waals surface area contributed by atoms with Gasteiger partial charge in [-0.1, -0.05) is 29.8 Å². The fourth-order valence-electron chi connectivity index (χ4n) is 2.03. The molecule has 0 atom stereocenters. The number of halogens is 1. The second kappa shape index (κ2) is 7.10. The largest absolute Gasteiger partial charge is 0.353 e. The molecule has 1 aromatic carbocycles. The first-order valence-electron chi connectivity index (χ1n) is 6.41. The molecule has 0 amide bonds. The van der Waals surface area contributed by atoms with E-state index in [1.807, 2.05) is 18.2 Å². The Kier molecular flexibility index (Phi) is 5.45. The lowest BCUT2D eigenvalue weighted by Crippen LogP contribution is -2.29. The van der Waals surface area contributed by atoms with Crippen LogP contribution in [0.5, 0.6) is 0 Å². The molecule has 1 heterocycles. The van der Waals surface area contributed by atoms with Crippen LogP contribution in [0.4, 0.5) is 0 Å². The third-order valence-electron chi connectivity index (χ3n) is 3.04. The summed E-state index contributed by atoms with van der Waals surface area (Å²) in [6.07, 6.45) is 1.87. The lowest BCUT2D eigenvalue weighted by atomic mass is 10.2. The van der Waals surface area contributed by atoms with Gasteiger partial charge in [0.25, 0.3) is 0 Å². The molecule has 0 aromatic heterocycles. The minimum atomic E-state index is -0.0348. The lowest BCUT2D eigenvalue weighted by molar-refractivity contribution is -0.182. The van der Waals surface area contributed by atoms with E-state index >= 15 is 0 Å². The highest BCUT2D eigenvalue weighted by atomic mass is 35.5. The summed E-state index contributed by atoms with van der Waals surface area (Å²) < 4.78 is 11.1. The van der Waals surface area contributed by atoms with Gasteiger partial charge < -0.3 is 14.4 Å².